The molecule has 8 heteroatoms. The summed E-state index contributed by atoms with van der Waals surface area (Å²) in [5.41, 5.74) is 3.39. The van der Waals surface area contributed by atoms with E-state index in [1.807, 2.05) is 35.9 Å². The maximum atomic E-state index is 12.3. The Labute approximate surface area is 160 Å². The fourth-order valence-electron chi connectivity index (χ4n) is 2.71. The standard InChI is InChI=1S/C19H19N5O2S/c1-11-3-4-13(18(26)23-14-5-6-14)7-15(11)16-9-24(10-21-16)17-8-20-19(27-17)22-12(2)25/h3-4,7-10,14H,5-6H2,1-2H3,(H,23,26)(H,20,22,25). The number of hydrogen-bond acceptors (Lipinski definition) is 5. The third-order valence-electron chi connectivity index (χ3n) is 4.30. The molecular weight excluding hydrogens is 362 g/mol. The van der Waals surface area contributed by atoms with Crippen LogP contribution in [0.15, 0.2) is 36.9 Å². The normalized spacial score (nSPS) is 13.4. The van der Waals surface area contributed by atoms with E-state index in [0.29, 0.717) is 16.7 Å². The number of imidazole rings is 1. The van der Waals surface area contributed by atoms with Crippen LogP contribution < -0.4 is 10.6 Å². The Morgan fingerprint density at radius 2 is 2.07 bits per heavy atom. The van der Waals surface area contributed by atoms with Gasteiger partial charge in [0.25, 0.3) is 5.91 Å². The predicted octanol–water partition coefficient (Wildman–Crippen LogP) is 3.15. The number of thiazole rings is 1. The van der Waals surface area contributed by atoms with E-state index in [2.05, 4.69) is 20.6 Å². The monoisotopic (exact) mass is 381 g/mol. The minimum atomic E-state index is -0.154. The second-order valence-electron chi connectivity index (χ2n) is 6.63. The second-order valence-corrected chi connectivity index (χ2v) is 7.64. The molecule has 1 aromatic carbocycles. The third-order valence-corrected chi connectivity index (χ3v) is 5.23. The molecule has 2 N–H and O–H groups in total. The van der Waals surface area contributed by atoms with Gasteiger partial charge in [0.05, 0.1) is 11.9 Å². The highest BCUT2D eigenvalue weighted by Gasteiger charge is 2.24. The van der Waals surface area contributed by atoms with Crippen LogP contribution in [0.2, 0.25) is 0 Å². The van der Waals surface area contributed by atoms with Crippen molar-refractivity contribution in [3.8, 4) is 16.3 Å². The molecule has 3 aromatic rings. The number of rotatable bonds is 5. The zero-order chi connectivity index (χ0) is 19.0. The van der Waals surface area contributed by atoms with Crippen molar-refractivity contribution >= 4 is 28.3 Å². The van der Waals surface area contributed by atoms with Gasteiger partial charge < -0.3 is 10.6 Å². The molecule has 0 atom stereocenters. The molecule has 1 fully saturated rings. The minimum absolute atomic E-state index is 0.0411. The van der Waals surface area contributed by atoms with Crippen LogP contribution in [0.5, 0.6) is 0 Å². The van der Waals surface area contributed by atoms with E-state index in [4.69, 9.17) is 0 Å². The molecule has 1 aliphatic rings. The fourth-order valence-corrected chi connectivity index (χ4v) is 3.52. The molecule has 0 unspecified atom stereocenters. The number of aromatic nitrogens is 3. The molecule has 0 spiro atoms. The van der Waals surface area contributed by atoms with Gasteiger partial charge in [-0.1, -0.05) is 17.4 Å². The van der Waals surface area contributed by atoms with Gasteiger partial charge in [-0.05, 0) is 37.5 Å². The molecule has 2 aromatic heterocycles. The Hall–Kier alpha value is -3.00. The lowest BCUT2D eigenvalue weighted by molar-refractivity contribution is -0.114. The molecule has 0 bridgehead atoms. The first-order valence-corrected chi connectivity index (χ1v) is 9.51. The largest absolute Gasteiger partial charge is 0.349 e. The van der Waals surface area contributed by atoms with E-state index in [1.165, 1.54) is 18.3 Å². The highest BCUT2D eigenvalue weighted by atomic mass is 32.1. The summed E-state index contributed by atoms with van der Waals surface area (Å²) >= 11 is 1.36. The molecule has 1 saturated carbocycles. The Kier molecular flexibility index (Phi) is 4.49. The number of nitrogens with zero attached hydrogens (tertiary/aromatic N) is 3. The first kappa shape index (κ1) is 17.4. The number of carbonyl (C=O) groups is 2. The molecule has 7 nitrogen and oxygen atoms in total. The van der Waals surface area contributed by atoms with Gasteiger partial charge in [0.1, 0.15) is 11.3 Å². The second kappa shape index (κ2) is 6.96. The van der Waals surface area contributed by atoms with Crippen LogP contribution in [0.1, 0.15) is 35.7 Å². The number of aryl methyl sites for hydroxylation is 1. The summed E-state index contributed by atoms with van der Waals surface area (Å²) in [5.74, 6) is -0.195. The SMILES string of the molecule is CC(=O)Nc1ncc(-n2cnc(-c3cc(C(=O)NC4CC4)ccc3C)c2)s1. The molecule has 1 aliphatic carbocycles. The minimum Gasteiger partial charge on any atom is -0.349 e. The van der Waals surface area contributed by atoms with E-state index in [9.17, 15) is 9.59 Å². The molecule has 0 radical (unpaired) electrons. The van der Waals surface area contributed by atoms with E-state index >= 15 is 0 Å². The van der Waals surface area contributed by atoms with Gasteiger partial charge in [-0.2, -0.15) is 0 Å². The summed E-state index contributed by atoms with van der Waals surface area (Å²) in [5, 5.41) is 7.07. The number of benzene rings is 1. The average molecular weight is 381 g/mol. The number of hydrogen-bond donors (Lipinski definition) is 2. The van der Waals surface area contributed by atoms with E-state index in [1.54, 1.807) is 12.5 Å². The van der Waals surface area contributed by atoms with Crippen molar-refractivity contribution in [3.63, 3.8) is 0 Å². The van der Waals surface area contributed by atoms with Crippen molar-refractivity contribution in [2.75, 3.05) is 5.32 Å². The van der Waals surface area contributed by atoms with Crippen LogP contribution in [-0.4, -0.2) is 32.4 Å². The summed E-state index contributed by atoms with van der Waals surface area (Å²) in [6.45, 7) is 3.45. The number of carbonyl (C=O) groups excluding carboxylic acids is 2. The maximum Gasteiger partial charge on any atom is 0.251 e. The number of anilines is 1. The summed E-state index contributed by atoms with van der Waals surface area (Å²) in [6, 6.07) is 5.99. The molecule has 0 aliphatic heterocycles. The summed E-state index contributed by atoms with van der Waals surface area (Å²) in [6.07, 6.45) is 7.41. The lowest BCUT2D eigenvalue weighted by Crippen LogP contribution is -2.25. The van der Waals surface area contributed by atoms with Crippen molar-refractivity contribution in [2.24, 2.45) is 0 Å². The van der Waals surface area contributed by atoms with Crippen molar-refractivity contribution in [1.82, 2.24) is 19.9 Å². The zero-order valence-corrected chi connectivity index (χ0v) is 15.8. The first-order valence-electron chi connectivity index (χ1n) is 8.69. The first-order chi connectivity index (χ1) is 13.0. The van der Waals surface area contributed by atoms with Crippen LogP contribution in [0.3, 0.4) is 0 Å². The molecule has 4 rings (SSSR count). The van der Waals surface area contributed by atoms with Crippen LogP contribution >= 0.6 is 11.3 Å². The highest BCUT2D eigenvalue weighted by Crippen LogP contribution is 2.27. The van der Waals surface area contributed by atoms with Gasteiger partial charge in [-0.15, -0.1) is 0 Å². The molecular formula is C19H19N5O2S. The van der Waals surface area contributed by atoms with Gasteiger partial charge >= 0.3 is 0 Å². The Balaban J connectivity index is 1.59. The van der Waals surface area contributed by atoms with Crippen molar-refractivity contribution in [2.45, 2.75) is 32.7 Å². The maximum absolute atomic E-state index is 12.3. The van der Waals surface area contributed by atoms with Crippen LogP contribution in [0, 0.1) is 6.92 Å². The Bertz CT molecular complexity index is 1020. The molecule has 2 amide bonds. The van der Waals surface area contributed by atoms with E-state index in [0.717, 1.165) is 34.7 Å². The van der Waals surface area contributed by atoms with Gasteiger partial charge in [0.15, 0.2) is 5.13 Å². The lowest BCUT2D eigenvalue weighted by Gasteiger charge is -2.07. The molecule has 2 heterocycles. The van der Waals surface area contributed by atoms with E-state index < -0.39 is 0 Å². The zero-order valence-electron chi connectivity index (χ0n) is 15.0. The van der Waals surface area contributed by atoms with Gasteiger partial charge in [0.2, 0.25) is 5.91 Å². The number of nitrogens with one attached hydrogen (secondary N) is 2. The lowest BCUT2D eigenvalue weighted by atomic mass is 10.0. The average Bonchev–Trinajstić information content (AvgIpc) is 3.12. The van der Waals surface area contributed by atoms with Crippen LogP contribution in [0.4, 0.5) is 5.13 Å². The van der Waals surface area contributed by atoms with E-state index in [-0.39, 0.29) is 11.8 Å². The molecule has 138 valence electrons. The fraction of sp³-hybridized carbons (Fsp3) is 0.263. The topological polar surface area (TPSA) is 88.9 Å². The van der Waals surface area contributed by atoms with Gasteiger partial charge in [0, 0.05) is 30.3 Å². The summed E-state index contributed by atoms with van der Waals surface area (Å²) < 4.78 is 1.86. The predicted molar refractivity (Wildman–Crippen MR) is 104 cm³/mol. The smallest absolute Gasteiger partial charge is 0.251 e. The van der Waals surface area contributed by atoms with Crippen LogP contribution in [-0.2, 0) is 4.79 Å². The van der Waals surface area contributed by atoms with Gasteiger partial charge in [-0.25, -0.2) is 9.97 Å². The van der Waals surface area contributed by atoms with Crippen molar-refractivity contribution in [3.05, 3.63) is 48.0 Å². The third kappa shape index (κ3) is 3.90. The molecule has 0 saturated heterocycles. The van der Waals surface area contributed by atoms with Crippen LogP contribution in [0.25, 0.3) is 16.3 Å². The quantitative estimate of drug-likeness (QED) is 0.710. The number of amides is 2. The highest BCUT2D eigenvalue weighted by molar-refractivity contribution is 7.18. The summed E-state index contributed by atoms with van der Waals surface area (Å²) in [7, 11) is 0. The van der Waals surface area contributed by atoms with Gasteiger partial charge in [-0.3, -0.25) is 14.2 Å². The molecule has 27 heavy (non-hydrogen) atoms. The summed E-state index contributed by atoms with van der Waals surface area (Å²) in [4.78, 5) is 32.2. The Morgan fingerprint density at radius 1 is 1.26 bits per heavy atom. The van der Waals surface area contributed by atoms with Crippen molar-refractivity contribution < 1.29 is 9.59 Å². The van der Waals surface area contributed by atoms with Crippen molar-refractivity contribution in [1.29, 1.82) is 0 Å². The Morgan fingerprint density at radius 3 is 2.81 bits per heavy atom.